The first kappa shape index (κ1) is 23.9. The number of aryl methyl sites for hydroxylation is 1. The molecule has 3 heterocycles. The van der Waals surface area contributed by atoms with E-state index in [4.69, 9.17) is 5.73 Å². The number of rotatable bonds is 8. The number of amides is 2. The van der Waals surface area contributed by atoms with Crippen molar-refractivity contribution in [3.8, 4) is 0 Å². The van der Waals surface area contributed by atoms with Gasteiger partial charge in [-0.2, -0.15) is 0 Å². The van der Waals surface area contributed by atoms with Gasteiger partial charge >= 0.3 is 5.97 Å². The first-order valence-corrected chi connectivity index (χ1v) is 12.1. The smallest absolute Gasteiger partial charge is 0.352 e. The highest BCUT2D eigenvalue weighted by molar-refractivity contribution is 7.14. The molecule has 1 aliphatic heterocycles. The lowest BCUT2D eigenvalue weighted by molar-refractivity contribution is 0.0689. The molecule has 2 amide bonds. The molecule has 0 saturated carbocycles. The Balaban J connectivity index is 1.46. The summed E-state index contributed by atoms with van der Waals surface area (Å²) in [4.78, 5) is 46.4. The molecule has 0 radical (unpaired) electrons. The Morgan fingerprint density at radius 2 is 2.03 bits per heavy atom. The number of thiazole rings is 1. The molecular weight excluding hydrogens is 456 g/mol. The molecule has 6 N–H and O–H groups in total. The second-order valence-corrected chi connectivity index (χ2v) is 9.34. The molecule has 0 aliphatic carbocycles. The average molecular weight is 485 g/mol. The molecule has 1 aliphatic rings. The number of nitrogens with zero attached hydrogens (tertiary/aromatic N) is 2. The van der Waals surface area contributed by atoms with Crippen LogP contribution in [0, 0.1) is 0 Å². The van der Waals surface area contributed by atoms with Gasteiger partial charge in [-0.05, 0) is 76.1 Å². The van der Waals surface area contributed by atoms with Crippen molar-refractivity contribution in [1.82, 2.24) is 20.2 Å². The highest BCUT2D eigenvalue weighted by Gasteiger charge is 2.22. The molecule has 2 aromatic heterocycles. The number of aromatic amines is 1. The number of fused-ring (bicyclic) bond motifs is 1. The number of carbonyl (C=O) groups excluding carboxylic acids is 2. The summed E-state index contributed by atoms with van der Waals surface area (Å²) >= 11 is 1.18. The fourth-order valence-electron chi connectivity index (χ4n) is 4.13. The molecule has 180 valence electrons. The number of hydrogen-bond donors (Lipinski definition) is 5. The van der Waals surface area contributed by atoms with Crippen molar-refractivity contribution in [3.05, 3.63) is 46.1 Å². The minimum absolute atomic E-state index is 0.112. The van der Waals surface area contributed by atoms with Crippen molar-refractivity contribution in [2.45, 2.75) is 31.7 Å². The van der Waals surface area contributed by atoms with E-state index in [2.05, 4.69) is 32.5 Å². The summed E-state index contributed by atoms with van der Waals surface area (Å²) in [5, 5.41) is 17.9. The summed E-state index contributed by atoms with van der Waals surface area (Å²) < 4.78 is 0. The van der Waals surface area contributed by atoms with Crippen LogP contribution in [0.5, 0.6) is 0 Å². The van der Waals surface area contributed by atoms with E-state index in [-0.39, 0.29) is 29.2 Å². The van der Waals surface area contributed by atoms with Gasteiger partial charge in [-0.25, -0.2) is 9.78 Å². The summed E-state index contributed by atoms with van der Waals surface area (Å²) in [7, 11) is 2.06. The number of likely N-dealkylation sites (tertiary alicyclic amines) is 1. The summed E-state index contributed by atoms with van der Waals surface area (Å²) in [5.74, 6) is -1.68. The topological polar surface area (TPSA) is 153 Å². The van der Waals surface area contributed by atoms with E-state index in [1.54, 1.807) is 23.6 Å². The van der Waals surface area contributed by atoms with Gasteiger partial charge in [-0.1, -0.05) is 0 Å². The van der Waals surface area contributed by atoms with Gasteiger partial charge in [0.2, 0.25) is 0 Å². The highest BCUT2D eigenvalue weighted by atomic mass is 32.1. The highest BCUT2D eigenvalue weighted by Crippen LogP contribution is 2.26. The van der Waals surface area contributed by atoms with Crippen molar-refractivity contribution >= 4 is 45.2 Å². The summed E-state index contributed by atoms with van der Waals surface area (Å²) in [6.07, 6.45) is 2.92. The van der Waals surface area contributed by atoms with Crippen molar-refractivity contribution in [2.75, 3.05) is 32.0 Å². The number of piperidine rings is 1. The molecule has 3 aromatic rings. The molecule has 0 spiro atoms. The largest absolute Gasteiger partial charge is 0.477 e. The van der Waals surface area contributed by atoms with Crippen LogP contribution in [0.1, 0.15) is 56.2 Å². The average Bonchev–Trinajstić information content (AvgIpc) is 3.43. The van der Waals surface area contributed by atoms with Crippen molar-refractivity contribution in [1.29, 1.82) is 0 Å². The van der Waals surface area contributed by atoms with Crippen molar-refractivity contribution in [2.24, 2.45) is 5.73 Å². The van der Waals surface area contributed by atoms with Crippen LogP contribution in [0.2, 0.25) is 0 Å². The first-order chi connectivity index (χ1) is 16.4. The number of benzene rings is 1. The standard InChI is InChI=1S/C23H28N6O4S/c1-29-9-6-14(7-10-29)25-21(31)18-12-34-23(27-18)28-20(30)13-4-5-17-16(11-13)15(3-2-8-24)19(26-17)22(32)33/h4-5,11-12,14,26H,2-3,6-10,24H2,1H3,(H,25,31)(H,32,33)(H,27,28,30). The van der Waals surface area contributed by atoms with Crippen LogP contribution < -0.4 is 16.4 Å². The monoisotopic (exact) mass is 484 g/mol. The molecule has 10 nitrogen and oxygen atoms in total. The third kappa shape index (κ3) is 5.27. The molecule has 34 heavy (non-hydrogen) atoms. The molecule has 11 heteroatoms. The quantitative estimate of drug-likeness (QED) is 0.329. The van der Waals surface area contributed by atoms with Crippen LogP contribution in [0.25, 0.3) is 10.9 Å². The maximum Gasteiger partial charge on any atom is 0.352 e. The number of nitrogens with one attached hydrogen (secondary N) is 3. The van der Waals surface area contributed by atoms with Gasteiger partial charge in [0, 0.05) is 27.9 Å². The Kier molecular flexibility index (Phi) is 7.25. The number of aromatic nitrogens is 2. The van der Waals surface area contributed by atoms with Crippen molar-refractivity contribution in [3.63, 3.8) is 0 Å². The van der Waals surface area contributed by atoms with Gasteiger partial charge in [-0.15, -0.1) is 11.3 Å². The van der Waals surface area contributed by atoms with Crippen LogP contribution in [-0.4, -0.2) is 70.5 Å². The van der Waals surface area contributed by atoms with Gasteiger partial charge < -0.3 is 26.0 Å². The van der Waals surface area contributed by atoms with Gasteiger partial charge in [0.05, 0.1) is 0 Å². The van der Waals surface area contributed by atoms with E-state index < -0.39 is 5.97 Å². The molecule has 1 saturated heterocycles. The van der Waals surface area contributed by atoms with E-state index in [0.717, 1.165) is 25.9 Å². The number of H-pyrrole nitrogens is 1. The van der Waals surface area contributed by atoms with Gasteiger partial charge in [0.15, 0.2) is 5.13 Å². The molecule has 4 rings (SSSR count). The molecule has 1 fully saturated rings. The van der Waals surface area contributed by atoms with Crippen LogP contribution in [0.4, 0.5) is 5.13 Å². The SMILES string of the molecule is CN1CCC(NC(=O)c2csc(NC(=O)c3ccc4[nH]c(C(=O)O)c(CCCN)c4c3)n2)CC1. The lowest BCUT2D eigenvalue weighted by Crippen LogP contribution is -2.43. The second kappa shape index (κ2) is 10.3. The number of anilines is 1. The Labute approximate surface area is 200 Å². The Bertz CT molecular complexity index is 1210. The fraction of sp³-hybridized carbons (Fsp3) is 0.391. The van der Waals surface area contributed by atoms with Crippen LogP contribution >= 0.6 is 11.3 Å². The van der Waals surface area contributed by atoms with E-state index in [0.29, 0.717) is 46.5 Å². The first-order valence-electron chi connectivity index (χ1n) is 11.2. The maximum atomic E-state index is 12.9. The molecule has 0 bridgehead atoms. The number of carboxylic acids is 1. The second-order valence-electron chi connectivity index (χ2n) is 8.48. The zero-order valence-corrected chi connectivity index (χ0v) is 19.7. The minimum atomic E-state index is -1.05. The normalized spacial score (nSPS) is 14.9. The van der Waals surface area contributed by atoms with Crippen LogP contribution in [0.3, 0.4) is 0 Å². The number of hydrogen-bond acceptors (Lipinski definition) is 7. The van der Waals surface area contributed by atoms with Gasteiger partial charge in [0.1, 0.15) is 11.4 Å². The number of aromatic carboxylic acids is 1. The van der Waals surface area contributed by atoms with Crippen LogP contribution in [0.15, 0.2) is 23.6 Å². The third-order valence-electron chi connectivity index (χ3n) is 6.02. The van der Waals surface area contributed by atoms with E-state index >= 15 is 0 Å². The fourth-order valence-corrected chi connectivity index (χ4v) is 4.81. The summed E-state index contributed by atoms with van der Waals surface area (Å²) in [5.41, 5.74) is 7.63. The number of carbonyl (C=O) groups is 3. The lowest BCUT2D eigenvalue weighted by atomic mass is 10.0. The zero-order chi connectivity index (χ0) is 24.2. The number of nitrogens with two attached hydrogens (primary N) is 1. The molecule has 0 atom stereocenters. The summed E-state index contributed by atoms with van der Waals surface area (Å²) in [6, 6.07) is 5.10. The predicted octanol–water partition coefficient (Wildman–Crippen LogP) is 2.29. The van der Waals surface area contributed by atoms with Gasteiger partial charge in [-0.3, -0.25) is 14.9 Å². The van der Waals surface area contributed by atoms with E-state index in [1.165, 1.54) is 11.3 Å². The molecule has 0 unspecified atom stereocenters. The summed E-state index contributed by atoms with van der Waals surface area (Å²) in [6.45, 7) is 2.32. The third-order valence-corrected chi connectivity index (χ3v) is 6.78. The molecule has 1 aromatic carbocycles. The zero-order valence-electron chi connectivity index (χ0n) is 18.9. The number of carboxylic acid groups (broad SMARTS) is 1. The Morgan fingerprint density at radius 1 is 1.26 bits per heavy atom. The Hall–Kier alpha value is -3.28. The molecular formula is C23H28N6O4S. The van der Waals surface area contributed by atoms with Crippen molar-refractivity contribution < 1.29 is 19.5 Å². The maximum absolute atomic E-state index is 12.9. The predicted molar refractivity (Wildman–Crippen MR) is 131 cm³/mol. The van der Waals surface area contributed by atoms with E-state index in [9.17, 15) is 19.5 Å². The van der Waals surface area contributed by atoms with Gasteiger partial charge in [0.25, 0.3) is 11.8 Å². The Morgan fingerprint density at radius 3 is 2.74 bits per heavy atom. The minimum Gasteiger partial charge on any atom is -0.477 e. The van der Waals surface area contributed by atoms with Crippen LogP contribution in [-0.2, 0) is 6.42 Å². The lowest BCUT2D eigenvalue weighted by Gasteiger charge is -2.29. The van der Waals surface area contributed by atoms with E-state index in [1.807, 2.05) is 0 Å².